The van der Waals surface area contributed by atoms with Gasteiger partial charge in [0.25, 0.3) is 5.91 Å². The van der Waals surface area contributed by atoms with Crippen LogP contribution in [0.4, 0.5) is 4.39 Å². The molecule has 0 radical (unpaired) electrons. The molecule has 3 rings (SSSR count). The van der Waals surface area contributed by atoms with Crippen molar-refractivity contribution in [3.8, 4) is 0 Å². The Bertz CT molecular complexity index is 936. The topological polar surface area (TPSA) is 57.7 Å². The summed E-state index contributed by atoms with van der Waals surface area (Å²) in [5.41, 5.74) is 1.13. The SMILES string of the molecule is CCC(C)c1ccc(S(=O)(=O)N2CCN(C(=O)c3ccccc3F)CC2)cc1. The third-order valence-corrected chi connectivity index (χ3v) is 7.24. The zero-order valence-corrected chi connectivity index (χ0v) is 17.0. The first-order valence-electron chi connectivity index (χ1n) is 9.48. The molecule has 2 aromatic rings. The fourth-order valence-corrected chi connectivity index (χ4v) is 4.71. The molecule has 1 aliphatic rings. The van der Waals surface area contributed by atoms with Crippen molar-refractivity contribution in [3.05, 3.63) is 65.5 Å². The highest BCUT2D eigenvalue weighted by molar-refractivity contribution is 7.89. The lowest BCUT2D eigenvalue weighted by molar-refractivity contribution is 0.0693. The molecule has 0 spiro atoms. The van der Waals surface area contributed by atoms with Crippen LogP contribution in [-0.4, -0.2) is 49.7 Å². The van der Waals surface area contributed by atoms with Crippen LogP contribution in [0.25, 0.3) is 0 Å². The van der Waals surface area contributed by atoms with Gasteiger partial charge in [-0.15, -0.1) is 0 Å². The fraction of sp³-hybridized carbons (Fsp3) is 0.381. The van der Waals surface area contributed by atoms with Crippen LogP contribution in [-0.2, 0) is 10.0 Å². The Morgan fingerprint density at radius 3 is 2.21 bits per heavy atom. The van der Waals surface area contributed by atoms with Crippen LogP contribution in [0.2, 0.25) is 0 Å². The van der Waals surface area contributed by atoms with Crippen LogP contribution in [0.1, 0.15) is 42.1 Å². The lowest BCUT2D eigenvalue weighted by Crippen LogP contribution is -2.50. The van der Waals surface area contributed by atoms with Crippen molar-refractivity contribution in [2.75, 3.05) is 26.2 Å². The number of hydrogen-bond donors (Lipinski definition) is 0. The van der Waals surface area contributed by atoms with E-state index in [2.05, 4.69) is 13.8 Å². The monoisotopic (exact) mass is 404 g/mol. The first-order valence-corrected chi connectivity index (χ1v) is 10.9. The molecule has 0 saturated carbocycles. The Balaban J connectivity index is 1.68. The summed E-state index contributed by atoms with van der Waals surface area (Å²) < 4.78 is 41.0. The number of rotatable bonds is 5. The number of carbonyl (C=O) groups excluding carboxylic acids is 1. The fourth-order valence-electron chi connectivity index (χ4n) is 3.29. The molecule has 1 heterocycles. The molecule has 1 atom stereocenters. The highest BCUT2D eigenvalue weighted by Crippen LogP contribution is 2.23. The van der Waals surface area contributed by atoms with Gasteiger partial charge in [0.05, 0.1) is 10.5 Å². The Kier molecular flexibility index (Phi) is 6.15. The lowest BCUT2D eigenvalue weighted by atomic mass is 9.99. The summed E-state index contributed by atoms with van der Waals surface area (Å²) in [5, 5.41) is 0. The number of piperazine rings is 1. The van der Waals surface area contributed by atoms with Crippen molar-refractivity contribution < 1.29 is 17.6 Å². The van der Waals surface area contributed by atoms with Gasteiger partial charge in [-0.2, -0.15) is 4.31 Å². The predicted octanol–water partition coefficient (Wildman–Crippen LogP) is 3.49. The van der Waals surface area contributed by atoms with Crippen molar-refractivity contribution in [3.63, 3.8) is 0 Å². The molecule has 0 bridgehead atoms. The van der Waals surface area contributed by atoms with Crippen molar-refractivity contribution in [1.82, 2.24) is 9.21 Å². The summed E-state index contributed by atoms with van der Waals surface area (Å²) in [4.78, 5) is 14.2. The van der Waals surface area contributed by atoms with Gasteiger partial charge in [-0.05, 0) is 42.2 Å². The molecule has 0 aliphatic carbocycles. The highest BCUT2D eigenvalue weighted by atomic mass is 32.2. The van der Waals surface area contributed by atoms with E-state index in [9.17, 15) is 17.6 Å². The summed E-state index contributed by atoms with van der Waals surface area (Å²) >= 11 is 0. The second-order valence-corrected chi connectivity index (χ2v) is 8.99. The van der Waals surface area contributed by atoms with Gasteiger partial charge in [-0.25, -0.2) is 12.8 Å². The standard InChI is InChI=1S/C21H25FN2O3S/c1-3-16(2)17-8-10-18(11-9-17)28(26,27)24-14-12-23(13-15-24)21(25)19-6-4-5-7-20(19)22/h4-11,16H,3,12-15H2,1-2H3. The Hall–Kier alpha value is -2.25. The molecule has 5 nitrogen and oxygen atoms in total. The molecule has 28 heavy (non-hydrogen) atoms. The summed E-state index contributed by atoms with van der Waals surface area (Å²) in [6.07, 6.45) is 0.990. The molecule has 7 heteroatoms. The van der Waals surface area contributed by atoms with Gasteiger partial charge >= 0.3 is 0 Å². The third kappa shape index (κ3) is 4.10. The van der Waals surface area contributed by atoms with Gasteiger partial charge in [0.15, 0.2) is 0 Å². The van der Waals surface area contributed by atoms with Gasteiger partial charge in [0.2, 0.25) is 10.0 Å². The van der Waals surface area contributed by atoms with E-state index in [1.165, 1.54) is 27.4 Å². The quantitative estimate of drug-likeness (QED) is 0.767. The van der Waals surface area contributed by atoms with Crippen LogP contribution in [0, 0.1) is 5.82 Å². The minimum atomic E-state index is -3.61. The maximum atomic E-state index is 13.8. The van der Waals surface area contributed by atoms with E-state index in [1.807, 2.05) is 12.1 Å². The van der Waals surface area contributed by atoms with E-state index in [1.54, 1.807) is 18.2 Å². The molecule has 1 unspecified atom stereocenters. The van der Waals surface area contributed by atoms with E-state index < -0.39 is 21.7 Å². The minimum Gasteiger partial charge on any atom is -0.336 e. The Morgan fingerprint density at radius 1 is 1.04 bits per heavy atom. The van der Waals surface area contributed by atoms with Gasteiger partial charge < -0.3 is 4.90 Å². The number of amides is 1. The second-order valence-electron chi connectivity index (χ2n) is 7.05. The van der Waals surface area contributed by atoms with Crippen molar-refractivity contribution in [2.45, 2.75) is 31.1 Å². The zero-order valence-electron chi connectivity index (χ0n) is 16.1. The smallest absolute Gasteiger partial charge is 0.256 e. The molecule has 1 fully saturated rings. The molecule has 0 aromatic heterocycles. The minimum absolute atomic E-state index is 0.0134. The number of halogens is 1. The van der Waals surface area contributed by atoms with Gasteiger partial charge in [-0.3, -0.25) is 4.79 Å². The molecular weight excluding hydrogens is 379 g/mol. The van der Waals surface area contributed by atoms with E-state index >= 15 is 0 Å². The van der Waals surface area contributed by atoms with Crippen LogP contribution < -0.4 is 0 Å². The third-order valence-electron chi connectivity index (χ3n) is 5.33. The second kappa shape index (κ2) is 8.41. The molecule has 2 aromatic carbocycles. The van der Waals surface area contributed by atoms with E-state index in [0.717, 1.165) is 12.0 Å². The van der Waals surface area contributed by atoms with Crippen molar-refractivity contribution >= 4 is 15.9 Å². The van der Waals surface area contributed by atoms with Gasteiger partial charge in [-0.1, -0.05) is 38.1 Å². The number of hydrogen-bond acceptors (Lipinski definition) is 3. The maximum absolute atomic E-state index is 13.8. The molecule has 1 saturated heterocycles. The average Bonchev–Trinajstić information content (AvgIpc) is 2.73. The number of benzene rings is 2. The van der Waals surface area contributed by atoms with E-state index in [-0.39, 0.29) is 36.6 Å². The van der Waals surface area contributed by atoms with E-state index in [4.69, 9.17) is 0 Å². The molecule has 0 N–H and O–H groups in total. The Labute approximate surface area is 165 Å². The summed E-state index contributed by atoms with van der Waals surface area (Å²) in [6, 6.07) is 12.8. The van der Waals surface area contributed by atoms with Crippen molar-refractivity contribution in [2.24, 2.45) is 0 Å². The van der Waals surface area contributed by atoms with Gasteiger partial charge in [0, 0.05) is 26.2 Å². The first kappa shape index (κ1) is 20.5. The highest BCUT2D eigenvalue weighted by Gasteiger charge is 2.31. The zero-order chi connectivity index (χ0) is 20.3. The van der Waals surface area contributed by atoms with Crippen LogP contribution in [0.3, 0.4) is 0 Å². The predicted molar refractivity (Wildman–Crippen MR) is 106 cm³/mol. The van der Waals surface area contributed by atoms with Gasteiger partial charge in [0.1, 0.15) is 5.82 Å². The summed E-state index contributed by atoms with van der Waals surface area (Å²) in [5.74, 6) is -0.596. The normalized spacial score (nSPS) is 16.8. The van der Waals surface area contributed by atoms with Crippen molar-refractivity contribution in [1.29, 1.82) is 0 Å². The summed E-state index contributed by atoms with van der Waals surface area (Å²) in [6.45, 7) is 5.05. The molecule has 1 aliphatic heterocycles. The van der Waals surface area contributed by atoms with Crippen LogP contribution >= 0.6 is 0 Å². The number of nitrogens with zero attached hydrogens (tertiary/aromatic N) is 2. The molecule has 150 valence electrons. The largest absolute Gasteiger partial charge is 0.336 e. The molecule has 1 amide bonds. The lowest BCUT2D eigenvalue weighted by Gasteiger charge is -2.34. The van der Waals surface area contributed by atoms with E-state index in [0.29, 0.717) is 5.92 Å². The van der Waals surface area contributed by atoms with Crippen LogP contribution in [0.15, 0.2) is 53.4 Å². The number of carbonyl (C=O) groups is 1. The summed E-state index contributed by atoms with van der Waals surface area (Å²) in [7, 11) is -3.61. The van der Waals surface area contributed by atoms with Crippen LogP contribution in [0.5, 0.6) is 0 Å². The molecular formula is C21H25FN2O3S. The maximum Gasteiger partial charge on any atom is 0.256 e. The first-order chi connectivity index (χ1) is 13.3. The number of sulfonamides is 1. The Morgan fingerprint density at radius 2 is 1.64 bits per heavy atom. The average molecular weight is 405 g/mol.